The number of carbonyl (C=O) groups excluding carboxylic acids is 1. The number of thiophene rings is 1. The van der Waals surface area contributed by atoms with Crippen LogP contribution in [0.15, 0.2) is 12.1 Å². The number of hydrogen-bond donors (Lipinski definition) is 0. The summed E-state index contributed by atoms with van der Waals surface area (Å²) in [7, 11) is 2.01. The summed E-state index contributed by atoms with van der Waals surface area (Å²) in [5.41, 5.74) is 0. The number of amides is 1. The van der Waals surface area contributed by atoms with E-state index in [1.54, 1.807) is 11.3 Å². The van der Waals surface area contributed by atoms with E-state index in [2.05, 4.69) is 4.90 Å². The molecule has 1 aromatic rings. The number of likely N-dealkylation sites (N-methyl/N-ethyl adjacent to an activating group) is 1. The molecule has 1 aliphatic rings. The topological polar surface area (TPSA) is 23.6 Å². The summed E-state index contributed by atoms with van der Waals surface area (Å²) in [6, 6.07) is 3.87. The Labute approximate surface area is 130 Å². The Hall–Kier alpha value is -0.580. The Morgan fingerprint density at radius 2 is 2.00 bits per heavy atom. The van der Waals surface area contributed by atoms with Gasteiger partial charge in [0.05, 0.1) is 10.4 Å². The lowest BCUT2D eigenvalue weighted by molar-refractivity contribution is -0.136. The molecule has 0 bridgehead atoms. The van der Waals surface area contributed by atoms with Gasteiger partial charge in [-0.15, -0.1) is 11.3 Å². The molecule has 3 nitrogen and oxygen atoms in total. The third-order valence-corrected chi connectivity index (χ3v) is 5.19. The highest BCUT2D eigenvalue weighted by Gasteiger charge is 2.24. The number of hydrogen-bond acceptors (Lipinski definition) is 3. The summed E-state index contributed by atoms with van der Waals surface area (Å²) < 4.78 is 0.805. The molecule has 0 aliphatic carbocycles. The Balaban J connectivity index is 1.91. The van der Waals surface area contributed by atoms with Crippen LogP contribution >= 0.6 is 22.9 Å². The van der Waals surface area contributed by atoms with Crippen LogP contribution in [0.2, 0.25) is 4.34 Å². The average Bonchev–Trinajstić information content (AvgIpc) is 2.69. The van der Waals surface area contributed by atoms with Crippen LogP contribution in [-0.2, 0) is 11.3 Å². The highest BCUT2D eigenvalue weighted by Crippen LogP contribution is 2.23. The van der Waals surface area contributed by atoms with Crippen molar-refractivity contribution in [1.82, 2.24) is 9.80 Å². The Kier molecular flexibility index (Phi) is 5.87. The molecular weight excluding hydrogens is 292 g/mol. The van der Waals surface area contributed by atoms with Crippen molar-refractivity contribution in [3.05, 3.63) is 21.3 Å². The second-order valence-electron chi connectivity index (χ2n) is 5.54. The minimum atomic E-state index is -0.0750. The zero-order chi connectivity index (χ0) is 14.5. The van der Waals surface area contributed by atoms with Crippen molar-refractivity contribution in [2.45, 2.75) is 45.2 Å². The van der Waals surface area contributed by atoms with E-state index in [-0.39, 0.29) is 11.9 Å². The van der Waals surface area contributed by atoms with Crippen LogP contribution in [0.3, 0.4) is 0 Å². The second kappa shape index (κ2) is 7.43. The van der Waals surface area contributed by atoms with E-state index in [1.807, 2.05) is 31.0 Å². The molecular formula is C15H23ClN2OS. The van der Waals surface area contributed by atoms with E-state index in [9.17, 15) is 4.79 Å². The van der Waals surface area contributed by atoms with Crippen LogP contribution in [0.4, 0.5) is 0 Å². The molecule has 1 fully saturated rings. The summed E-state index contributed by atoms with van der Waals surface area (Å²) in [5.74, 6) is 0.261. The van der Waals surface area contributed by atoms with Gasteiger partial charge in [0.25, 0.3) is 0 Å². The number of rotatable bonds is 4. The van der Waals surface area contributed by atoms with Gasteiger partial charge in [-0.3, -0.25) is 9.69 Å². The molecule has 0 N–H and O–H groups in total. The van der Waals surface area contributed by atoms with Crippen LogP contribution in [0.25, 0.3) is 0 Å². The fourth-order valence-corrected chi connectivity index (χ4v) is 3.71. The summed E-state index contributed by atoms with van der Waals surface area (Å²) >= 11 is 7.53. The number of carbonyl (C=O) groups is 1. The monoisotopic (exact) mass is 314 g/mol. The summed E-state index contributed by atoms with van der Waals surface area (Å²) in [6.45, 7) is 4.62. The zero-order valence-corrected chi connectivity index (χ0v) is 13.8. The molecule has 1 saturated heterocycles. The molecule has 112 valence electrons. The van der Waals surface area contributed by atoms with Crippen LogP contribution in [0.5, 0.6) is 0 Å². The molecule has 2 heterocycles. The summed E-state index contributed by atoms with van der Waals surface area (Å²) in [6.07, 6.45) is 4.79. The number of nitrogens with zero attached hydrogens (tertiary/aromatic N) is 2. The van der Waals surface area contributed by atoms with E-state index < -0.39 is 0 Å². The van der Waals surface area contributed by atoms with Gasteiger partial charge >= 0.3 is 0 Å². The summed E-state index contributed by atoms with van der Waals surface area (Å²) in [5, 5.41) is 0. The lowest BCUT2D eigenvalue weighted by atomic mass is 10.2. The van der Waals surface area contributed by atoms with Crippen LogP contribution in [0.1, 0.15) is 37.5 Å². The van der Waals surface area contributed by atoms with Gasteiger partial charge in [-0.05, 0) is 38.9 Å². The first-order chi connectivity index (χ1) is 9.58. The third kappa shape index (κ3) is 4.21. The van der Waals surface area contributed by atoms with Crippen molar-refractivity contribution in [3.8, 4) is 0 Å². The predicted octanol–water partition coefficient (Wildman–Crippen LogP) is 3.62. The van der Waals surface area contributed by atoms with E-state index in [0.29, 0.717) is 0 Å². The van der Waals surface area contributed by atoms with Crippen molar-refractivity contribution in [1.29, 1.82) is 0 Å². The fraction of sp³-hybridized carbons (Fsp3) is 0.667. The van der Waals surface area contributed by atoms with E-state index in [1.165, 1.54) is 17.7 Å². The smallest absolute Gasteiger partial charge is 0.239 e. The molecule has 1 atom stereocenters. The molecule has 1 unspecified atom stereocenters. The first-order valence-corrected chi connectivity index (χ1v) is 8.50. The molecule has 0 aromatic carbocycles. The average molecular weight is 315 g/mol. The Morgan fingerprint density at radius 1 is 1.35 bits per heavy atom. The van der Waals surface area contributed by atoms with E-state index in [0.717, 1.165) is 36.8 Å². The van der Waals surface area contributed by atoms with Gasteiger partial charge in [0.2, 0.25) is 5.91 Å². The molecule has 1 aromatic heterocycles. The van der Waals surface area contributed by atoms with Gasteiger partial charge in [0, 0.05) is 24.5 Å². The van der Waals surface area contributed by atoms with Gasteiger partial charge in [0.15, 0.2) is 0 Å². The minimum Gasteiger partial charge on any atom is -0.341 e. The first kappa shape index (κ1) is 15.8. The molecule has 2 rings (SSSR count). The number of halogens is 1. The van der Waals surface area contributed by atoms with E-state index in [4.69, 9.17) is 11.6 Å². The first-order valence-electron chi connectivity index (χ1n) is 7.31. The lowest BCUT2D eigenvalue weighted by Gasteiger charge is -2.29. The Bertz CT molecular complexity index is 441. The lowest BCUT2D eigenvalue weighted by Crippen LogP contribution is -2.45. The SMILES string of the molecule is CC(C(=O)N1CCCCCC1)N(C)Cc1ccc(Cl)s1. The minimum absolute atomic E-state index is 0.0750. The molecule has 20 heavy (non-hydrogen) atoms. The highest BCUT2D eigenvalue weighted by molar-refractivity contribution is 7.16. The maximum absolute atomic E-state index is 12.5. The van der Waals surface area contributed by atoms with Gasteiger partial charge in [-0.1, -0.05) is 24.4 Å². The van der Waals surface area contributed by atoms with Crippen molar-refractivity contribution >= 4 is 28.8 Å². The fourth-order valence-electron chi connectivity index (χ4n) is 2.56. The molecule has 0 saturated carbocycles. The molecule has 0 radical (unpaired) electrons. The molecule has 0 spiro atoms. The van der Waals surface area contributed by atoms with Gasteiger partial charge in [-0.25, -0.2) is 0 Å². The quantitative estimate of drug-likeness (QED) is 0.847. The van der Waals surface area contributed by atoms with Crippen LogP contribution in [0, 0.1) is 0 Å². The van der Waals surface area contributed by atoms with Gasteiger partial charge in [0.1, 0.15) is 0 Å². The molecule has 1 aliphatic heterocycles. The van der Waals surface area contributed by atoms with Crippen molar-refractivity contribution < 1.29 is 4.79 Å². The highest BCUT2D eigenvalue weighted by atomic mass is 35.5. The predicted molar refractivity (Wildman–Crippen MR) is 85.3 cm³/mol. The normalized spacial score (nSPS) is 18.1. The van der Waals surface area contributed by atoms with Gasteiger partial charge < -0.3 is 4.90 Å². The van der Waals surface area contributed by atoms with Crippen LogP contribution in [-0.4, -0.2) is 41.9 Å². The third-order valence-electron chi connectivity index (χ3n) is 3.97. The molecule has 5 heteroatoms. The largest absolute Gasteiger partial charge is 0.341 e. The van der Waals surface area contributed by atoms with E-state index >= 15 is 0 Å². The van der Waals surface area contributed by atoms with Crippen LogP contribution < -0.4 is 0 Å². The van der Waals surface area contributed by atoms with Crippen molar-refractivity contribution in [2.75, 3.05) is 20.1 Å². The standard InChI is InChI=1S/C15H23ClN2OS/c1-12(15(19)18-9-5-3-4-6-10-18)17(2)11-13-7-8-14(16)20-13/h7-8,12H,3-6,9-11H2,1-2H3. The second-order valence-corrected chi connectivity index (χ2v) is 7.34. The van der Waals surface area contributed by atoms with Crippen molar-refractivity contribution in [2.24, 2.45) is 0 Å². The zero-order valence-electron chi connectivity index (χ0n) is 12.3. The number of likely N-dealkylation sites (tertiary alicyclic amines) is 1. The van der Waals surface area contributed by atoms with Gasteiger partial charge in [-0.2, -0.15) is 0 Å². The maximum Gasteiger partial charge on any atom is 0.239 e. The Morgan fingerprint density at radius 3 is 2.55 bits per heavy atom. The molecule has 1 amide bonds. The summed E-state index contributed by atoms with van der Waals surface area (Å²) in [4.78, 5) is 17.9. The maximum atomic E-state index is 12.5. The van der Waals surface area contributed by atoms with Crippen molar-refractivity contribution in [3.63, 3.8) is 0 Å².